The molecule has 0 bridgehead atoms. The molecule has 3 heterocycles. The Hall–Kier alpha value is -3.67. The highest BCUT2D eigenvalue weighted by atomic mass is 15.3. The first-order valence-corrected chi connectivity index (χ1v) is 8.78. The maximum absolute atomic E-state index is 4.82. The number of benzene rings is 2. The second-order valence-electron chi connectivity index (χ2n) is 6.55. The average molecular weight is 354 g/mol. The summed E-state index contributed by atoms with van der Waals surface area (Å²) in [5.41, 5.74) is 6.67. The van der Waals surface area contributed by atoms with Crippen molar-refractivity contribution in [3.05, 3.63) is 66.9 Å². The molecular weight excluding hydrogens is 336 g/mol. The van der Waals surface area contributed by atoms with Crippen LogP contribution in [0, 0.1) is 0 Å². The summed E-state index contributed by atoms with van der Waals surface area (Å²) in [7, 11) is 3.84. The number of H-pyrrole nitrogens is 1. The molecular formula is C21H18N6. The minimum atomic E-state index is 0.794. The van der Waals surface area contributed by atoms with E-state index in [4.69, 9.17) is 4.98 Å². The van der Waals surface area contributed by atoms with E-state index in [9.17, 15) is 0 Å². The third-order valence-electron chi connectivity index (χ3n) is 4.66. The van der Waals surface area contributed by atoms with E-state index in [1.165, 1.54) is 0 Å². The number of aryl methyl sites for hydroxylation is 2. The van der Waals surface area contributed by atoms with Crippen molar-refractivity contribution in [2.24, 2.45) is 14.1 Å². The van der Waals surface area contributed by atoms with Crippen LogP contribution in [0.1, 0.15) is 0 Å². The zero-order chi connectivity index (χ0) is 18.4. The average Bonchev–Trinajstić information content (AvgIpc) is 3.38. The van der Waals surface area contributed by atoms with Crippen LogP contribution in [0.25, 0.3) is 45.1 Å². The minimum Gasteiger partial charge on any atom is -0.335 e. The van der Waals surface area contributed by atoms with E-state index in [0.29, 0.717) is 0 Å². The number of nitrogens with zero attached hydrogens (tertiary/aromatic N) is 5. The van der Waals surface area contributed by atoms with Gasteiger partial charge in [0.05, 0.1) is 5.56 Å². The van der Waals surface area contributed by atoms with Crippen LogP contribution >= 0.6 is 0 Å². The van der Waals surface area contributed by atoms with E-state index in [-0.39, 0.29) is 0 Å². The minimum absolute atomic E-state index is 0.794. The van der Waals surface area contributed by atoms with Gasteiger partial charge in [-0.1, -0.05) is 60.7 Å². The predicted octanol–water partition coefficient (Wildman–Crippen LogP) is 4.03. The van der Waals surface area contributed by atoms with Crippen molar-refractivity contribution in [1.29, 1.82) is 0 Å². The van der Waals surface area contributed by atoms with Crippen molar-refractivity contribution >= 4 is 11.2 Å². The maximum Gasteiger partial charge on any atom is 0.177 e. The molecule has 5 rings (SSSR count). The molecule has 5 aromatic rings. The van der Waals surface area contributed by atoms with Crippen molar-refractivity contribution in [2.45, 2.75) is 0 Å². The summed E-state index contributed by atoms with van der Waals surface area (Å²) in [6, 6.07) is 20.3. The van der Waals surface area contributed by atoms with Gasteiger partial charge in [-0.2, -0.15) is 10.2 Å². The van der Waals surface area contributed by atoms with Crippen LogP contribution in [-0.2, 0) is 14.1 Å². The van der Waals surface area contributed by atoms with E-state index >= 15 is 0 Å². The van der Waals surface area contributed by atoms with E-state index in [1.807, 2.05) is 66.1 Å². The van der Waals surface area contributed by atoms with Gasteiger partial charge < -0.3 is 4.98 Å². The summed E-state index contributed by atoms with van der Waals surface area (Å²) < 4.78 is 3.64. The molecule has 27 heavy (non-hydrogen) atoms. The summed E-state index contributed by atoms with van der Waals surface area (Å²) in [4.78, 5) is 8.30. The van der Waals surface area contributed by atoms with Crippen molar-refractivity contribution in [1.82, 2.24) is 29.5 Å². The van der Waals surface area contributed by atoms with Gasteiger partial charge in [0.1, 0.15) is 22.7 Å². The standard InChI is InChI=1S/C21H18N6/c1-26-13-16(17(24-26)14-9-5-3-6-10-14)20-22-19-18(15-11-7-4-8-12-15)25-27(2)21(19)23-20/h3-13H,1-2H3,(H,22,23). The highest BCUT2D eigenvalue weighted by molar-refractivity contribution is 5.91. The van der Waals surface area contributed by atoms with E-state index in [0.717, 1.165) is 45.1 Å². The fraction of sp³-hybridized carbons (Fsp3) is 0.0952. The molecule has 6 nitrogen and oxygen atoms in total. The van der Waals surface area contributed by atoms with Gasteiger partial charge in [-0.05, 0) is 0 Å². The molecule has 0 aliphatic carbocycles. The molecule has 3 aromatic heterocycles. The summed E-state index contributed by atoms with van der Waals surface area (Å²) in [6.45, 7) is 0. The topological polar surface area (TPSA) is 64.3 Å². The summed E-state index contributed by atoms with van der Waals surface area (Å²) >= 11 is 0. The van der Waals surface area contributed by atoms with Gasteiger partial charge in [0.15, 0.2) is 5.65 Å². The first-order chi connectivity index (χ1) is 13.2. The van der Waals surface area contributed by atoms with E-state index < -0.39 is 0 Å². The number of hydrogen-bond acceptors (Lipinski definition) is 3. The highest BCUT2D eigenvalue weighted by Gasteiger charge is 2.20. The van der Waals surface area contributed by atoms with Crippen LogP contribution in [0.4, 0.5) is 0 Å². The normalized spacial score (nSPS) is 11.3. The Bertz CT molecular complexity index is 1230. The van der Waals surface area contributed by atoms with Crippen LogP contribution in [0.5, 0.6) is 0 Å². The number of nitrogens with one attached hydrogen (secondary N) is 1. The second-order valence-corrected chi connectivity index (χ2v) is 6.55. The van der Waals surface area contributed by atoms with Gasteiger partial charge in [0.2, 0.25) is 0 Å². The SMILES string of the molecule is Cn1cc(-c2nc3c([nH]2)c(-c2ccccc2)nn3C)c(-c2ccccc2)n1. The summed E-state index contributed by atoms with van der Waals surface area (Å²) in [5.74, 6) is 0.794. The molecule has 0 aliphatic heterocycles. The lowest BCUT2D eigenvalue weighted by atomic mass is 10.1. The Morgan fingerprint density at radius 2 is 1.41 bits per heavy atom. The fourth-order valence-electron chi connectivity index (χ4n) is 3.41. The summed E-state index contributed by atoms with van der Waals surface area (Å²) in [6.07, 6.45) is 2.00. The van der Waals surface area contributed by atoms with Gasteiger partial charge in [0, 0.05) is 31.4 Å². The number of hydrogen-bond donors (Lipinski definition) is 1. The Labute approximate surface area is 156 Å². The first kappa shape index (κ1) is 15.6. The lowest BCUT2D eigenvalue weighted by Gasteiger charge is -2.00. The quantitative estimate of drug-likeness (QED) is 0.532. The molecule has 0 unspecified atom stereocenters. The molecule has 132 valence electrons. The van der Waals surface area contributed by atoms with Crippen LogP contribution in [-0.4, -0.2) is 29.5 Å². The number of rotatable bonds is 3. The molecule has 6 heteroatoms. The smallest absolute Gasteiger partial charge is 0.177 e. The molecule has 0 amide bonds. The zero-order valence-electron chi connectivity index (χ0n) is 15.1. The second kappa shape index (κ2) is 5.95. The van der Waals surface area contributed by atoms with Crippen LogP contribution in [0.15, 0.2) is 66.9 Å². The fourth-order valence-corrected chi connectivity index (χ4v) is 3.41. The van der Waals surface area contributed by atoms with Crippen LogP contribution < -0.4 is 0 Å². The Balaban J connectivity index is 1.70. The third kappa shape index (κ3) is 2.54. The molecule has 2 aromatic carbocycles. The van der Waals surface area contributed by atoms with Crippen LogP contribution in [0.2, 0.25) is 0 Å². The molecule has 0 aliphatic rings. The summed E-state index contributed by atoms with van der Waals surface area (Å²) in [5, 5.41) is 9.29. The number of fused-ring (bicyclic) bond motifs is 1. The first-order valence-electron chi connectivity index (χ1n) is 8.78. The monoisotopic (exact) mass is 354 g/mol. The maximum atomic E-state index is 4.82. The van der Waals surface area contributed by atoms with Crippen molar-refractivity contribution < 1.29 is 0 Å². The molecule has 1 N–H and O–H groups in total. The van der Waals surface area contributed by atoms with Crippen LogP contribution in [0.3, 0.4) is 0 Å². The largest absolute Gasteiger partial charge is 0.335 e. The lowest BCUT2D eigenvalue weighted by molar-refractivity contribution is 0.771. The Morgan fingerprint density at radius 1 is 0.778 bits per heavy atom. The van der Waals surface area contributed by atoms with Gasteiger partial charge in [-0.15, -0.1) is 0 Å². The van der Waals surface area contributed by atoms with Gasteiger partial charge >= 0.3 is 0 Å². The number of imidazole rings is 1. The van der Waals surface area contributed by atoms with Gasteiger partial charge in [-0.3, -0.25) is 4.68 Å². The number of aromatic amines is 1. The Morgan fingerprint density at radius 3 is 2.07 bits per heavy atom. The highest BCUT2D eigenvalue weighted by Crippen LogP contribution is 2.33. The van der Waals surface area contributed by atoms with Crippen molar-refractivity contribution in [3.8, 4) is 33.9 Å². The molecule has 0 saturated carbocycles. The molecule has 0 atom stereocenters. The number of aromatic nitrogens is 6. The lowest BCUT2D eigenvalue weighted by Crippen LogP contribution is -1.92. The predicted molar refractivity (Wildman–Crippen MR) is 106 cm³/mol. The molecule has 0 saturated heterocycles. The van der Waals surface area contributed by atoms with Gasteiger partial charge in [-0.25, -0.2) is 9.67 Å². The molecule has 0 fully saturated rings. The Kier molecular flexibility index (Phi) is 3.43. The van der Waals surface area contributed by atoms with Crippen molar-refractivity contribution in [3.63, 3.8) is 0 Å². The zero-order valence-corrected chi connectivity index (χ0v) is 15.1. The molecule has 0 spiro atoms. The third-order valence-corrected chi connectivity index (χ3v) is 4.66. The van der Waals surface area contributed by atoms with Crippen molar-refractivity contribution in [2.75, 3.05) is 0 Å². The van der Waals surface area contributed by atoms with E-state index in [2.05, 4.69) is 39.4 Å². The van der Waals surface area contributed by atoms with E-state index in [1.54, 1.807) is 0 Å². The molecule has 0 radical (unpaired) electrons. The van der Waals surface area contributed by atoms with Gasteiger partial charge in [0.25, 0.3) is 0 Å².